The molecule has 10 nitrogen and oxygen atoms in total. The number of nitrogens with zero attached hydrogens (tertiary/aromatic N) is 7. The molecule has 1 saturated heterocycles. The van der Waals surface area contributed by atoms with Gasteiger partial charge in [-0.05, 0) is 33.3 Å². The smallest absolute Gasteiger partial charge is 0.419 e. The zero-order valence-corrected chi connectivity index (χ0v) is 19.2. The van der Waals surface area contributed by atoms with Crippen molar-refractivity contribution in [2.45, 2.75) is 50.9 Å². The van der Waals surface area contributed by atoms with Gasteiger partial charge in [0.1, 0.15) is 11.4 Å². The molecule has 1 amide bonds. The van der Waals surface area contributed by atoms with Gasteiger partial charge in [0, 0.05) is 49.7 Å². The van der Waals surface area contributed by atoms with Gasteiger partial charge in [0.2, 0.25) is 5.95 Å². The molecule has 4 rings (SSSR count). The molecule has 0 aromatic carbocycles. The van der Waals surface area contributed by atoms with Crippen molar-refractivity contribution in [3.8, 4) is 6.07 Å². The number of fused-ring (bicyclic) bond motifs is 1. The van der Waals surface area contributed by atoms with Crippen molar-refractivity contribution in [2.75, 3.05) is 18.4 Å². The number of likely N-dealkylation sites (tertiary alicyclic amines) is 1. The molecule has 0 bridgehead atoms. The highest BCUT2D eigenvalue weighted by atomic mass is 19.4. The monoisotopic (exact) mass is 488 g/mol. The molecule has 1 fully saturated rings. The summed E-state index contributed by atoms with van der Waals surface area (Å²) < 4.78 is 45.8. The van der Waals surface area contributed by atoms with Crippen LogP contribution in [0.3, 0.4) is 0 Å². The maximum absolute atomic E-state index is 12.9. The van der Waals surface area contributed by atoms with E-state index in [1.807, 2.05) is 0 Å². The largest absolute Gasteiger partial charge is 0.444 e. The molecule has 13 heteroatoms. The number of hydrogen-bond donors (Lipinski definition) is 1. The minimum absolute atomic E-state index is 0.0116. The van der Waals surface area contributed by atoms with Gasteiger partial charge in [0.05, 0.1) is 17.2 Å². The molecule has 4 heterocycles. The quantitative estimate of drug-likeness (QED) is 0.594. The summed E-state index contributed by atoms with van der Waals surface area (Å²) in [5, 5.41) is 20.6. The molecule has 0 saturated carbocycles. The summed E-state index contributed by atoms with van der Waals surface area (Å²) in [6, 6.07) is 4.90. The van der Waals surface area contributed by atoms with Gasteiger partial charge < -0.3 is 15.0 Å². The number of ether oxygens (including phenoxy) is 1. The van der Waals surface area contributed by atoms with Crippen LogP contribution in [0.2, 0.25) is 0 Å². The van der Waals surface area contributed by atoms with E-state index < -0.39 is 29.5 Å². The second-order valence-electron chi connectivity index (χ2n) is 9.27. The number of piperidine rings is 1. The number of carbonyl (C=O) groups excluding carboxylic acids is 1. The lowest BCUT2D eigenvalue weighted by atomic mass is 9.93. The highest BCUT2D eigenvalue weighted by Gasteiger charge is 2.36. The maximum Gasteiger partial charge on any atom is 0.419 e. The van der Waals surface area contributed by atoms with Gasteiger partial charge in [-0.25, -0.2) is 14.8 Å². The Morgan fingerprint density at radius 2 is 1.91 bits per heavy atom. The number of hydrogen-bond acceptors (Lipinski definition) is 8. The Hall–Kier alpha value is -3.95. The van der Waals surface area contributed by atoms with Gasteiger partial charge in [-0.2, -0.15) is 18.4 Å². The van der Waals surface area contributed by atoms with Crippen molar-refractivity contribution in [1.82, 2.24) is 29.5 Å². The molecular formula is C22H23F3N8O2. The van der Waals surface area contributed by atoms with E-state index in [1.54, 1.807) is 43.5 Å². The van der Waals surface area contributed by atoms with Crippen LogP contribution in [0.5, 0.6) is 0 Å². The molecule has 0 spiro atoms. The van der Waals surface area contributed by atoms with Gasteiger partial charge in [-0.1, -0.05) is 0 Å². The summed E-state index contributed by atoms with van der Waals surface area (Å²) in [6.45, 7) is 5.80. The molecule has 3 aromatic heterocycles. The zero-order chi connectivity index (χ0) is 25.4. The Bertz CT molecular complexity index is 1260. The fraction of sp³-hybridized carbons (Fsp3) is 0.455. The molecule has 2 atom stereocenters. The Morgan fingerprint density at radius 3 is 2.54 bits per heavy atom. The van der Waals surface area contributed by atoms with Crippen LogP contribution in [0.1, 0.15) is 50.1 Å². The minimum atomic E-state index is -4.54. The first-order chi connectivity index (χ1) is 16.4. The topological polar surface area (TPSA) is 121 Å². The van der Waals surface area contributed by atoms with E-state index in [4.69, 9.17) is 10.00 Å². The number of nitriles is 1. The minimum Gasteiger partial charge on any atom is -0.444 e. The Balaban J connectivity index is 1.61. The number of alkyl halides is 3. The third-order valence-corrected chi connectivity index (χ3v) is 5.35. The average Bonchev–Trinajstić information content (AvgIpc) is 3.20. The number of aromatic nitrogens is 5. The predicted molar refractivity (Wildman–Crippen MR) is 117 cm³/mol. The van der Waals surface area contributed by atoms with E-state index in [9.17, 15) is 18.0 Å². The summed E-state index contributed by atoms with van der Waals surface area (Å²) in [5.41, 5.74) is -0.733. The normalized spacial score (nSPS) is 18.8. The molecule has 35 heavy (non-hydrogen) atoms. The molecule has 0 aliphatic carbocycles. The van der Waals surface area contributed by atoms with E-state index in [0.29, 0.717) is 42.4 Å². The van der Waals surface area contributed by atoms with Crippen LogP contribution in [0.15, 0.2) is 30.7 Å². The molecule has 184 valence electrons. The molecule has 0 radical (unpaired) electrons. The van der Waals surface area contributed by atoms with Crippen molar-refractivity contribution < 1.29 is 22.7 Å². The lowest BCUT2D eigenvalue weighted by Gasteiger charge is -2.38. The molecule has 1 N–H and O–H groups in total. The Morgan fingerprint density at radius 1 is 1.20 bits per heavy atom. The zero-order valence-electron chi connectivity index (χ0n) is 19.2. The lowest BCUT2D eigenvalue weighted by Crippen LogP contribution is -2.50. The van der Waals surface area contributed by atoms with Gasteiger partial charge in [0.25, 0.3) is 0 Å². The van der Waals surface area contributed by atoms with E-state index in [2.05, 4.69) is 31.6 Å². The van der Waals surface area contributed by atoms with Crippen LogP contribution in [0.4, 0.5) is 23.9 Å². The molecule has 1 aliphatic heterocycles. The first kappa shape index (κ1) is 24.2. The second-order valence-corrected chi connectivity index (χ2v) is 9.27. The van der Waals surface area contributed by atoms with Crippen molar-refractivity contribution in [3.05, 3.63) is 47.7 Å². The van der Waals surface area contributed by atoms with E-state index >= 15 is 0 Å². The van der Waals surface area contributed by atoms with Crippen molar-refractivity contribution in [1.29, 1.82) is 5.26 Å². The standard InChI is InChI=1S/C22H23F3N8O2/c1-21(2,3)35-20(34)32-11-14(18-31-30-17-6-13(8-26)4-5-33(17)18)7-16(12-32)29-19-27-9-15(10-28-19)22(23,24)25/h4-6,9-10,14,16H,7,11-12H2,1-3H3,(H,27,28,29)/t14-,16+/m1/s1. The van der Waals surface area contributed by atoms with Crippen LogP contribution in [0, 0.1) is 11.3 Å². The molecule has 3 aromatic rings. The maximum atomic E-state index is 12.9. The Kier molecular flexibility index (Phi) is 6.23. The van der Waals surface area contributed by atoms with Crippen molar-refractivity contribution >= 4 is 17.7 Å². The summed E-state index contributed by atoms with van der Waals surface area (Å²) in [4.78, 5) is 22.0. The molecule has 0 unspecified atom stereocenters. The lowest BCUT2D eigenvalue weighted by molar-refractivity contribution is -0.138. The third kappa shape index (κ3) is 5.59. The average molecular weight is 488 g/mol. The predicted octanol–water partition coefficient (Wildman–Crippen LogP) is 3.61. The SMILES string of the molecule is CC(C)(C)OC(=O)N1C[C@@H](Nc2ncc(C(F)(F)F)cn2)C[C@@H](c2nnc3cc(C#N)ccn23)C1. The number of carbonyl (C=O) groups is 1. The van der Waals surface area contributed by atoms with Crippen LogP contribution in [-0.2, 0) is 10.9 Å². The van der Waals surface area contributed by atoms with E-state index in [1.165, 1.54) is 4.90 Å². The number of anilines is 1. The van der Waals surface area contributed by atoms with Gasteiger partial charge >= 0.3 is 12.3 Å². The highest BCUT2D eigenvalue weighted by molar-refractivity contribution is 5.68. The summed E-state index contributed by atoms with van der Waals surface area (Å²) in [7, 11) is 0. The molecular weight excluding hydrogens is 465 g/mol. The summed E-state index contributed by atoms with van der Waals surface area (Å²) >= 11 is 0. The molecule has 1 aliphatic rings. The number of pyridine rings is 1. The highest BCUT2D eigenvalue weighted by Crippen LogP contribution is 2.30. The number of nitrogens with one attached hydrogen (secondary N) is 1. The summed E-state index contributed by atoms with van der Waals surface area (Å²) in [5.74, 6) is 0.307. The van der Waals surface area contributed by atoms with Gasteiger partial charge in [0.15, 0.2) is 5.65 Å². The second kappa shape index (κ2) is 9.01. The van der Waals surface area contributed by atoms with Gasteiger partial charge in [-0.15, -0.1) is 10.2 Å². The van der Waals surface area contributed by atoms with Crippen molar-refractivity contribution in [3.63, 3.8) is 0 Å². The van der Waals surface area contributed by atoms with E-state index in [-0.39, 0.29) is 18.4 Å². The number of halogens is 3. The fourth-order valence-corrected chi connectivity index (χ4v) is 3.86. The first-order valence-electron chi connectivity index (χ1n) is 10.8. The van der Waals surface area contributed by atoms with Crippen LogP contribution < -0.4 is 5.32 Å². The van der Waals surface area contributed by atoms with Crippen LogP contribution in [0.25, 0.3) is 5.65 Å². The van der Waals surface area contributed by atoms with Gasteiger partial charge in [-0.3, -0.25) is 4.40 Å². The number of amides is 1. The number of rotatable bonds is 3. The first-order valence-corrected chi connectivity index (χ1v) is 10.8. The summed E-state index contributed by atoms with van der Waals surface area (Å²) in [6.07, 6.45) is -1.48. The fourth-order valence-electron chi connectivity index (χ4n) is 3.86. The van der Waals surface area contributed by atoms with Crippen LogP contribution in [-0.4, -0.2) is 60.3 Å². The third-order valence-electron chi connectivity index (χ3n) is 5.35. The Labute approximate surface area is 198 Å². The van der Waals surface area contributed by atoms with Crippen LogP contribution >= 0.6 is 0 Å². The van der Waals surface area contributed by atoms with Crippen molar-refractivity contribution in [2.24, 2.45) is 0 Å². The van der Waals surface area contributed by atoms with E-state index in [0.717, 1.165) is 0 Å².